The molecule has 0 unspecified atom stereocenters. The number of nitrogen functional groups attached to an aromatic ring is 2. The summed E-state index contributed by atoms with van der Waals surface area (Å²) in [6, 6.07) is 5.58. The van der Waals surface area contributed by atoms with Crippen LogP contribution in [0.25, 0.3) is 11.3 Å². The van der Waals surface area contributed by atoms with Gasteiger partial charge in [-0.05, 0) is 41.4 Å². The predicted octanol–water partition coefficient (Wildman–Crippen LogP) is 3.52. The van der Waals surface area contributed by atoms with Crippen molar-refractivity contribution in [2.24, 2.45) is 0 Å². The van der Waals surface area contributed by atoms with Crippen molar-refractivity contribution in [2.75, 3.05) is 24.7 Å². The highest BCUT2D eigenvalue weighted by Crippen LogP contribution is 2.40. The molecule has 2 rings (SSSR count). The molecule has 0 radical (unpaired) electrons. The lowest BCUT2D eigenvalue weighted by atomic mass is 10.1. The Morgan fingerprint density at radius 2 is 1.88 bits per heavy atom. The van der Waals surface area contributed by atoms with Crippen LogP contribution in [-0.4, -0.2) is 23.2 Å². The Labute approximate surface area is 155 Å². The first-order valence-corrected chi connectivity index (χ1v) is 8.73. The molecule has 0 atom stereocenters. The summed E-state index contributed by atoms with van der Waals surface area (Å²) >= 11 is 3.50. The summed E-state index contributed by atoms with van der Waals surface area (Å²) in [5.74, 6) is 1.23. The van der Waals surface area contributed by atoms with Gasteiger partial charge >= 0.3 is 0 Å². The molecule has 4 N–H and O–H groups in total. The van der Waals surface area contributed by atoms with E-state index < -0.39 is 0 Å². The molecule has 0 aliphatic heterocycles. The van der Waals surface area contributed by atoms with Gasteiger partial charge in [-0.2, -0.15) is 10.2 Å². The molecular formula is C17H20BrN5O2. The van der Waals surface area contributed by atoms with E-state index in [0.29, 0.717) is 40.4 Å². The van der Waals surface area contributed by atoms with Crippen LogP contribution in [0, 0.1) is 11.3 Å². The second-order valence-corrected chi connectivity index (χ2v) is 6.07. The van der Waals surface area contributed by atoms with Gasteiger partial charge in [0, 0.05) is 10.0 Å². The molecule has 2 aromatic rings. The van der Waals surface area contributed by atoms with Crippen LogP contribution >= 0.6 is 15.9 Å². The summed E-state index contributed by atoms with van der Waals surface area (Å²) in [5.41, 5.74) is 12.6. The van der Waals surface area contributed by atoms with E-state index >= 15 is 0 Å². The number of nitrogens with two attached hydrogens (primary N) is 2. The number of ether oxygens (including phenoxy) is 2. The van der Waals surface area contributed by atoms with E-state index in [0.717, 1.165) is 12.8 Å². The number of benzene rings is 1. The number of halogens is 1. The van der Waals surface area contributed by atoms with E-state index in [4.69, 9.17) is 20.9 Å². The smallest absolute Gasteiger partial charge is 0.222 e. The van der Waals surface area contributed by atoms with Gasteiger partial charge in [0.2, 0.25) is 5.95 Å². The fraction of sp³-hybridized carbons (Fsp3) is 0.353. The molecule has 0 bridgehead atoms. The maximum atomic E-state index is 9.39. The van der Waals surface area contributed by atoms with Crippen molar-refractivity contribution in [2.45, 2.75) is 26.7 Å². The Morgan fingerprint density at radius 3 is 2.52 bits per heavy atom. The lowest BCUT2D eigenvalue weighted by molar-refractivity contribution is 0.272. The SMILES string of the molecule is CCCCOc1cc(Br)c(-c2nc(N)nc(N)c2C#N)cc1OCC. The van der Waals surface area contributed by atoms with Crippen LogP contribution in [-0.2, 0) is 0 Å². The molecule has 0 spiro atoms. The third-order valence-electron chi connectivity index (χ3n) is 3.41. The van der Waals surface area contributed by atoms with Gasteiger partial charge in [0.25, 0.3) is 0 Å². The van der Waals surface area contributed by atoms with E-state index in [9.17, 15) is 5.26 Å². The fourth-order valence-corrected chi connectivity index (χ4v) is 2.74. The second-order valence-electron chi connectivity index (χ2n) is 5.22. The zero-order chi connectivity index (χ0) is 18.4. The van der Waals surface area contributed by atoms with Gasteiger partial charge in [-0.1, -0.05) is 13.3 Å². The Balaban J connectivity index is 2.56. The zero-order valence-electron chi connectivity index (χ0n) is 14.2. The number of hydrogen-bond acceptors (Lipinski definition) is 7. The number of nitrogens with zero attached hydrogens (tertiary/aromatic N) is 3. The number of aromatic nitrogens is 2. The molecule has 0 amide bonds. The van der Waals surface area contributed by atoms with E-state index in [2.05, 4.69) is 32.8 Å². The summed E-state index contributed by atoms with van der Waals surface area (Å²) in [6.45, 7) is 5.06. The van der Waals surface area contributed by atoms with Gasteiger partial charge in [-0.25, -0.2) is 4.98 Å². The third kappa shape index (κ3) is 4.31. The average molecular weight is 406 g/mol. The maximum Gasteiger partial charge on any atom is 0.222 e. The van der Waals surface area contributed by atoms with Crippen LogP contribution in [0.15, 0.2) is 16.6 Å². The van der Waals surface area contributed by atoms with Gasteiger partial charge in [-0.15, -0.1) is 0 Å². The number of hydrogen-bond donors (Lipinski definition) is 2. The molecule has 0 fully saturated rings. The van der Waals surface area contributed by atoms with E-state index in [1.807, 2.05) is 13.0 Å². The lowest BCUT2D eigenvalue weighted by Crippen LogP contribution is -2.06. The summed E-state index contributed by atoms with van der Waals surface area (Å²) in [6.07, 6.45) is 1.98. The van der Waals surface area contributed by atoms with Crippen LogP contribution in [0.5, 0.6) is 11.5 Å². The molecule has 7 nitrogen and oxygen atoms in total. The van der Waals surface area contributed by atoms with E-state index in [-0.39, 0.29) is 17.3 Å². The van der Waals surface area contributed by atoms with Crippen LogP contribution < -0.4 is 20.9 Å². The van der Waals surface area contributed by atoms with Crippen LogP contribution in [0.2, 0.25) is 0 Å². The lowest BCUT2D eigenvalue weighted by Gasteiger charge is -2.15. The van der Waals surface area contributed by atoms with Crippen LogP contribution in [0.4, 0.5) is 11.8 Å². The molecule has 8 heteroatoms. The van der Waals surface area contributed by atoms with Crippen molar-refractivity contribution >= 4 is 27.7 Å². The molecule has 0 aliphatic carbocycles. The minimum atomic E-state index is -0.000341. The highest BCUT2D eigenvalue weighted by molar-refractivity contribution is 9.10. The summed E-state index contributed by atoms with van der Waals surface area (Å²) in [5, 5.41) is 9.39. The van der Waals surface area contributed by atoms with Crippen molar-refractivity contribution in [1.82, 2.24) is 9.97 Å². The first-order valence-electron chi connectivity index (χ1n) is 7.94. The predicted molar refractivity (Wildman–Crippen MR) is 100 cm³/mol. The monoisotopic (exact) mass is 405 g/mol. The quantitative estimate of drug-likeness (QED) is 0.675. The highest BCUT2D eigenvalue weighted by atomic mass is 79.9. The normalized spacial score (nSPS) is 10.3. The average Bonchev–Trinajstić information content (AvgIpc) is 2.56. The van der Waals surface area contributed by atoms with Crippen LogP contribution in [0.3, 0.4) is 0 Å². The molecule has 1 aromatic heterocycles. The summed E-state index contributed by atoms with van der Waals surface area (Å²) < 4.78 is 12.2. The largest absolute Gasteiger partial charge is 0.490 e. The number of anilines is 2. The Bertz CT molecular complexity index is 805. The topological polar surface area (TPSA) is 120 Å². The first-order chi connectivity index (χ1) is 12.0. The van der Waals surface area contributed by atoms with Gasteiger partial charge in [-0.3, -0.25) is 0 Å². The molecule has 1 heterocycles. The van der Waals surface area contributed by atoms with E-state index in [1.165, 1.54) is 0 Å². The maximum absolute atomic E-state index is 9.39. The summed E-state index contributed by atoms with van der Waals surface area (Å²) in [4.78, 5) is 8.02. The summed E-state index contributed by atoms with van der Waals surface area (Å²) in [7, 11) is 0. The molecule has 25 heavy (non-hydrogen) atoms. The number of unbranched alkanes of at least 4 members (excludes halogenated alkanes) is 1. The van der Waals surface area contributed by atoms with Gasteiger partial charge in [0.05, 0.1) is 18.9 Å². The van der Waals surface area contributed by atoms with Gasteiger partial charge in [0.15, 0.2) is 11.5 Å². The second kappa shape index (κ2) is 8.53. The highest BCUT2D eigenvalue weighted by Gasteiger charge is 2.19. The van der Waals surface area contributed by atoms with Crippen molar-refractivity contribution in [1.29, 1.82) is 5.26 Å². The standard InChI is InChI=1S/C17H20BrN5O2/c1-3-5-6-25-14-8-12(18)10(7-13(14)24-4-2)15-11(9-19)16(20)23-17(21)22-15/h7-8H,3-6H2,1-2H3,(H4,20,21,22,23). The van der Waals surface area contributed by atoms with Gasteiger partial charge in [0.1, 0.15) is 17.5 Å². The van der Waals surface area contributed by atoms with Crippen molar-refractivity contribution in [3.8, 4) is 28.8 Å². The molecule has 0 aliphatic rings. The minimum Gasteiger partial charge on any atom is -0.490 e. The Hall–Kier alpha value is -2.53. The fourth-order valence-electron chi connectivity index (χ4n) is 2.23. The Kier molecular flexibility index (Phi) is 6.42. The molecule has 1 aromatic carbocycles. The number of rotatable bonds is 7. The van der Waals surface area contributed by atoms with Crippen molar-refractivity contribution in [3.05, 3.63) is 22.2 Å². The zero-order valence-corrected chi connectivity index (χ0v) is 15.8. The van der Waals surface area contributed by atoms with Crippen LogP contribution in [0.1, 0.15) is 32.3 Å². The Morgan fingerprint density at radius 1 is 1.16 bits per heavy atom. The first kappa shape index (κ1) is 18.8. The number of nitriles is 1. The molecule has 0 saturated carbocycles. The van der Waals surface area contributed by atoms with Crippen molar-refractivity contribution in [3.63, 3.8) is 0 Å². The molecular weight excluding hydrogens is 386 g/mol. The third-order valence-corrected chi connectivity index (χ3v) is 4.07. The van der Waals surface area contributed by atoms with Gasteiger partial charge < -0.3 is 20.9 Å². The molecule has 0 saturated heterocycles. The van der Waals surface area contributed by atoms with Crippen molar-refractivity contribution < 1.29 is 9.47 Å². The molecule has 132 valence electrons. The minimum absolute atomic E-state index is 0.000341. The van der Waals surface area contributed by atoms with E-state index in [1.54, 1.807) is 12.1 Å².